The third-order valence-corrected chi connectivity index (χ3v) is 2.58. The first-order valence-electron chi connectivity index (χ1n) is 5.17. The van der Waals surface area contributed by atoms with Crippen LogP contribution in [0.2, 0.25) is 0 Å². The number of nitrogens with zero attached hydrogens (tertiary/aromatic N) is 1. The molecule has 0 saturated carbocycles. The lowest BCUT2D eigenvalue weighted by molar-refractivity contribution is -0.121. The molecule has 0 atom stereocenters. The lowest BCUT2D eigenvalue weighted by Crippen LogP contribution is -2.28. The van der Waals surface area contributed by atoms with Gasteiger partial charge in [-0.05, 0) is 18.2 Å². The van der Waals surface area contributed by atoms with Gasteiger partial charge in [-0.25, -0.2) is 4.79 Å². The van der Waals surface area contributed by atoms with Crippen molar-refractivity contribution in [2.75, 3.05) is 12.0 Å². The highest BCUT2D eigenvalue weighted by Gasteiger charge is 2.30. The van der Waals surface area contributed by atoms with Crippen LogP contribution in [0.15, 0.2) is 24.3 Å². The summed E-state index contributed by atoms with van der Waals surface area (Å²) < 4.78 is 4.58. The third-order valence-electron chi connectivity index (χ3n) is 2.58. The number of methoxy groups -OCH3 is 1. The summed E-state index contributed by atoms with van der Waals surface area (Å²) in [6.07, 6.45) is 0.447. The molecule has 17 heavy (non-hydrogen) atoms. The Morgan fingerprint density at radius 3 is 2.47 bits per heavy atom. The fraction of sp³-hybridized carbons (Fsp3) is 0.250. The van der Waals surface area contributed by atoms with Gasteiger partial charge in [0.25, 0.3) is 0 Å². The van der Waals surface area contributed by atoms with Crippen molar-refractivity contribution in [1.82, 2.24) is 0 Å². The van der Waals surface area contributed by atoms with E-state index in [1.165, 1.54) is 13.2 Å². The van der Waals surface area contributed by atoms with Crippen LogP contribution in [0, 0.1) is 0 Å². The smallest absolute Gasteiger partial charge is 0.337 e. The highest BCUT2D eigenvalue weighted by atomic mass is 16.5. The fourth-order valence-corrected chi connectivity index (χ4v) is 1.75. The van der Waals surface area contributed by atoms with E-state index >= 15 is 0 Å². The maximum Gasteiger partial charge on any atom is 0.337 e. The van der Waals surface area contributed by atoms with Crippen molar-refractivity contribution in [1.29, 1.82) is 0 Å². The van der Waals surface area contributed by atoms with Crippen molar-refractivity contribution in [3.8, 4) is 0 Å². The van der Waals surface area contributed by atoms with Crippen molar-refractivity contribution >= 4 is 23.5 Å². The quantitative estimate of drug-likeness (QED) is 0.567. The zero-order valence-corrected chi connectivity index (χ0v) is 9.30. The zero-order valence-electron chi connectivity index (χ0n) is 9.30. The maximum atomic E-state index is 11.5. The van der Waals surface area contributed by atoms with E-state index in [1.54, 1.807) is 18.2 Å². The van der Waals surface area contributed by atoms with Crippen LogP contribution in [-0.2, 0) is 14.3 Å². The monoisotopic (exact) mass is 233 g/mol. The van der Waals surface area contributed by atoms with E-state index in [1.807, 2.05) is 0 Å². The Morgan fingerprint density at radius 1 is 1.24 bits per heavy atom. The van der Waals surface area contributed by atoms with Gasteiger partial charge in [-0.15, -0.1) is 0 Å². The zero-order chi connectivity index (χ0) is 12.4. The Bertz CT molecular complexity index is 479. The molecule has 0 aliphatic carbocycles. The van der Waals surface area contributed by atoms with Crippen LogP contribution < -0.4 is 4.90 Å². The van der Waals surface area contributed by atoms with Crippen molar-refractivity contribution in [2.45, 2.75) is 12.8 Å². The van der Waals surface area contributed by atoms with Gasteiger partial charge in [0.1, 0.15) is 0 Å². The summed E-state index contributed by atoms with van der Waals surface area (Å²) in [6.45, 7) is 0. The van der Waals surface area contributed by atoms with Crippen LogP contribution in [0.3, 0.4) is 0 Å². The molecule has 2 rings (SSSR count). The number of amides is 2. The lowest BCUT2D eigenvalue weighted by atomic mass is 10.2. The summed E-state index contributed by atoms with van der Waals surface area (Å²) in [7, 11) is 1.28. The minimum atomic E-state index is -0.494. The molecule has 0 bridgehead atoms. The van der Waals surface area contributed by atoms with Gasteiger partial charge in [0.15, 0.2) is 0 Å². The van der Waals surface area contributed by atoms with E-state index in [-0.39, 0.29) is 24.7 Å². The van der Waals surface area contributed by atoms with E-state index in [9.17, 15) is 14.4 Å². The predicted octanol–water partition coefficient (Wildman–Crippen LogP) is 1.13. The Morgan fingerprint density at radius 2 is 1.88 bits per heavy atom. The molecule has 1 heterocycles. The molecule has 88 valence electrons. The molecule has 1 fully saturated rings. The van der Waals surface area contributed by atoms with Crippen LogP contribution in [-0.4, -0.2) is 24.9 Å². The normalized spacial score (nSPS) is 15.2. The second-order valence-electron chi connectivity index (χ2n) is 3.66. The molecule has 1 aliphatic rings. The molecule has 0 N–H and O–H groups in total. The van der Waals surface area contributed by atoms with Crippen molar-refractivity contribution in [2.24, 2.45) is 0 Å². The average molecular weight is 233 g/mol. The second kappa shape index (κ2) is 4.37. The molecule has 0 radical (unpaired) electrons. The Balaban J connectivity index is 2.36. The summed E-state index contributed by atoms with van der Waals surface area (Å²) in [6, 6.07) is 6.28. The number of rotatable bonds is 2. The molecule has 0 aromatic heterocycles. The minimum absolute atomic E-state index is 0.223. The number of hydrogen-bond donors (Lipinski definition) is 0. The fourth-order valence-electron chi connectivity index (χ4n) is 1.75. The van der Waals surface area contributed by atoms with E-state index in [0.29, 0.717) is 11.3 Å². The second-order valence-corrected chi connectivity index (χ2v) is 3.66. The van der Waals surface area contributed by atoms with Gasteiger partial charge in [-0.2, -0.15) is 0 Å². The van der Waals surface area contributed by atoms with Crippen molar-refractivity contribution in [3.63, 3.8) is 0 Å². The molecule has 0 spiro atoms. The molecule has 5 nitrogen and oxygen atoms in total. The first-order chi connectivity index (χ1) is 8.13. The lowest BCUT2D eigenvalue weighted by Gasteiger charge is -2.14. The number of benzene rings is 1. The van der Waals surface area contributed by atoms with E-state index in [2.05, 4.69) is 4.74 Å². The SMILES string of the molecule is COC(=O)c1cccc(N2C(=O)CCC2=O)c1. The van der Waals surface area contributed by atoms with Crippen LogP contribution in [0.5, 0.6) is 0 Å². The Kier molecular flexibility index (Phi) is 2.91. The number of esters is 1. The van der Waals surface area contributed by atoms with E-state index in [0.717, 1.165) is 4.90 Å². The topological polar surface area (TPSA) is 63.7 Å². The minimum Gasteiger partial charge on any atom is -0.465 e. The number of hydrogen-bond acceptors (Lipinski definition) is 4. The summed E-state index contributed by atoms with van der Waals surface area (Å²) in [5, 5.41) is 0. The van der Waals surface area contributed by atoms with Crippen LogP contribution in [0.1, 0.15) is 23.2 Å². The van der Waals surface area contributed by atoms with Gasteiger partial charge in [0.2, 0.25) is 11.8 Å². The van der Waals surface area contributed by atoms with Crippen molar-refractivity contribution in [3.05, 3.63) is 29.8 Å². The van der Waals surface area contributed by atoms with E-state index in [4.69, 9.17) is 0 Å². The predicted molar refractivity (Wildman–Crippen MR) is 59.5 cm³/mol. The summed E-state index contributed by atoms with van der Waals surface area (Å²) >= 11 is 0. The number of carbonyl (C=O) groups excluding carboxylic acids is 3. The number of carbonyl (C=O) groups is 3. The maximum absolute atomic E-state index is 11.5. The largest absolute Gasteiger partial charge is 0.465 e. The Labute approximate surface area is 98.0 Å². The number of ether oxygens (including phenoxy) is 1. The van der Waals surface area contributed by atoms with Gasteiger partial charge in [-0.3, -0.25) is 14.5 Å². The molecule has 5 heteroatoms. The number of anilines is 1. The molecular weight excluding hydrogens is 222 g/mol. The first kappa shape index (κ1) is 11.3. The van der Waals surface area contributed by atoms with Gasteiger partial charge in [0, 0.05) is 12.8 Å². The first-order valence-corrected chi connectivity index (χ1v) is 5.17. The highest BCUT2D eigenvalue weighted by Crippen LogP contribution is 2.23. The summed E-state index contributed by atoms with van der Waals surface area (Å²) in [5.41, 5.74) is 0.734. The van der Waals surface area contributed by atoms with Crippen LogP contribution in [0.4, 0.5) is 5.69 Å². The highest BCUT2D eigenvalue weighted by molar-refractivity contribution is 6.20. The third kappa shape index (κ3) is 2.04. The summed E-state index contributed by atoms with van der Waals surface area (Å²) in [5.74, 6) is -0.972. The molecular formula is C12H11NO4. The molecule has 2 amide bonds. The van der Waals surface area contributed by atoms with Crippen LogP contribution >= 0.6 is 0 Å². The average Bonchev–Trinajstić information content (AvgIpc) is 2.68. The molecule has 1 aliphatic heterocycles. The van der Waals surface area contributed by atoms with Crippen molar-refractivity contribution < 1.29 is 19.1 Å². The standard InChI is InChI=1S/C12H11NO4/c1-17-12(16)8-3-2-4-9(7-8)13-10(14)5-6-11(13)15/h2-4,7H,5-6H2,1H3. The summed E-state index contributed by atoms with van der Waals surface area (Å²) in [4.78, 5) is 35.5. The van der Waals surface area contributed by atoms with Crippen LogP contribution in [0.25, 0.3) is 0 Å². The van der Waals surface area contributed by atoms with E-state index < -0.39 is 5.97 Å². The molecule has 1 aromatic rings. The molecule has 0 unspecified atom stereocenters. The van der Waals surface area contributed by atoms with Gasteiger partial charge in [0.05, 0.1) is 18.4 Å². The van der Waals surface area contributed by atoms with Gasteiger partial charge >= 0.3 is 5.97 Å². The Hall–Kier alpha value is -2.17. The van der Waals surface area contributed by atoms with Gasteiger partial charge < -0.3 is 4.74 Å². The molecule has 1 aromatic carbocycles. The molecule has 1 saturated heterocycles. The number of imide groups is 1. The van der Waals surface area contributed by atoms with Gasteiger partial charge in [-0.1, -0.05) is 6.07 Å².